The maximum absolute atomic E-state index is 11.7. The first kappa shape index (κ1) is 16.4. The van der Waals surface area contributed by atoms with E-state index >= 15 is 0 Å². The van der Waals surface area contributed by atoms with Crippen LogP contribution in [0.4, 0.5) is 0 Å². The molecule has 0 unspecified atom stereocenters. The lowest BCUT2D eigenvalue weighted by Crippen LogP contribution is -2.17. The summed E-state index contributed by atoms with van der Waals surface area (Å²) < 4.78 is 15.9. The van der Waals surface area contributed by atoms with Gasteiger partial charge in [-0.1, -0.05) is 6.92 Å². The molecule has 0 aliphatic heterocycles. The van der Waals surface area contributed by atoms with Crippen molar-refractivity contribution in [2.24, 2.45) is 0 Å². The zero-order valence-corrected chi connectivity index (χ0v) is 12.8. The number of benzene rings is 2. The van der Waals surface area contributed by atoms with Crippen LogP contribution in [0.2, 0.25) is 0 Å². The number of rotatable bonds is 7. The van der Waals surface area contributed by atoms with Gasteiger partial charge in [0.1, 0.15) is 17.2 Å². The molecule has 2 rings (SSSR count). The lowest BCUT2D eigenvalue weighted by atomic mass is 10.2. The predicted octanol–water partition coefficient (Wildman–Crippen LogP) is 3.33. The van der Waals surface area contributed by atoms with E-state index in [1.165, 1.54) is 0 Å². The zero-order chi connectivity index (χ0) is 16.5. The van der Waals surface area contributed by atoms with Crippen LogP contribution in [0.15, 0.2) is 48.5 Å². The van der Waals surface area contributed by atoms with Gasteiger partial charge in [0.15, 0.2) is 6.61 Å². The quantitative estimate of drug-likeness (QED) is 0.579. The minimum atomic E-state index is -0.503. The Labute approximate surface area is 135 Å². The lowest BCUT2D eigenvalue weighted by Gasteiger charge is -2.08. The van der Waals surface area contributed by atoms with Crippen molar-refractivity contribution < 1.29 is 19.0 Å². The van der Waals surface area contributed by atoms with E-state index < -0.39 is 5.97 Å². The fourth-order valence-corrected chi connectivity index (χ4v) is 1.75. The first-order chi connectivity index (χ1) is 11.2. The van der Waals surface area contributed by atoms with Crippen molar-refractivity contribution in [2.45, 2.75) is 13.3 Å². The van der Waals surface area contributed by atoms with E-state index in [9.17, 15) is 4.79 Å². The molecule has 0 N–H and O–H groups in total. The Morgan fingerprint density at radius 2 is 1.52 bits per heavy atom. The highest BCUT2D eigenvalue weighted by Crippen LogP contribution is 2.18. The van der Waals surface area contributed by atoms with E-state index in [0.29, 0.717) is 23.7 Å². The summed E-state index contributed by atoms with van der Waals surface area (Å²) in [5, 5.41) is 8.70. The molecule has 0 saturated carbocycles. The molecule has 0 spiro atoms. The van der Waals surface area contributed by atoms with Crippen molar-refractivity contribution in [3.05, 3.63) is 54.1 Å². The van der Waals surface area contributed by atoms with Gasteiger partial charge in [-0.15, -0.1) is 0 Å². The molecule has 2 aromatic rings. The summed E-state index contributed by atoms with van der Waals surface area (Å²) in [4.78, 5) is 11.7. The number of nitrogens with zero attached hydrogens (tertiary/aromatic N) is 1. The van der Waals surface area contributed by atoms with Crippen molar-refractivity contribution in [1.29, 1.82) is 5.26 Å². The van der Waals surface area contributed by atoms with E-state index in [0.717, 1.165) is 12.2 Å². The largest absolute Gasteiger partial charge is 0.494 e. The Kier molecular flexibility index (Phi) is 6.01. The molecule has 2 aromatic carbocycles. The summed E-state index contributed by atoms with van der Waals surface area (Å²) in [6.45, 7) is 2.47. The molecule has 0 bridgehead atoms. The van der Waals surface area contributed by atoms with Gasteiger partial charge < -0.3 is 14.2 Å². The average molecular weight is 311 g/mol. The maximum Gasteiger partial charge on any atom is 0.349 e. The van der Waals surface area contributed by atoms with Crippen molar-refractivity contribution in [3.8, 4) is 23.3 Å². The van der Waals surface area contributed by atoms with Gasteiger partial charge in [-0.3, -0.25) is 0 Å². The number of nitriles is 1. The molecular weight excluding hydrogens is 294 g/mol. The van der Waals surface area contributed by atoms with Gasteiger partial charge >= 0.3 is 5.97 Å². The summed E-state index contributed by atoms with van der Waals surface area (Å²) in [7, 11) is 0. The number of esters is 1. The van der Waals surface area contributed by atoms with Gasteiger partial charge in [0.05, 0.1) is 18.2 Å². The highest BCUT2D eigenvalue weighted by atomic mass is 16.6. The fourth-order valence-electron chi connectivity index (χ4n) is 1.75. The summed E-state index contributed by atoms with van der Waals surface area (Å²) in [6.07, 6.45) is 0.934. The second-order valence-corrected chi connectivity index (χ2v) is 4.72. The Balaban J connectivity index is 1.80. The smallest absolute Gasteiger partial charge is 0.349 e. The Morgan fingerprint density at radius 1 is 0.957 bits per heavy atom. The molecule has 0 atom stereocenters. The monoisotopic (exact) mass is 311 g/mol. The van der Waals surface area contributed by atoms with Crippen LogP contribution in [0, 0.1) is 11.3 Å². The molecule has 118 valence electrons. The standard InChI is InChI=1S/C18H17NO4/c1-2-11-21-15-7-9-17(10-8-15)23-18(20)13-22-16-5-3-14(12-19)4-6-16/h3-10H,2,11,13H2,1H3. The van der Waals surface area contributed by atoms with Crippen LogP contribution in [0.3, 0.4) is 0 Å². The minimum absolute atomic E-state index is 0.208. The number of carbonyl (C=O) groups excluding carboxylic acids is 1. The van der Waals surface area contributed by atoms with Crippen LogP contribution in [-0.2, 0) is 4.79 Å². The third-order valence-corrected chi connectivity index (χ3v) is 2.87. The SMILES string of the molecule is CCCOc1ccc(OC(=O)COc2ccc(C#N)cc2)cc1. The first-order valence-electron chi connectivity index (χ1n) is 7.27. The Hall–Kier alpha value is -3.00. The summed E-state index contributed by atoms with van der Waals surface area (Å²) in [5.41, 5.74) is 0.533. The second kappa shape index (κ2) is 8.44. The molecule has 23 heavy (non-hydrogen) atoms. The van der Waals surface area contributed by atoms with E-state index in [2.05, 4.69) is 0 Å². The minimum Gasteiger partial charge on any atom is -0.494 e. The number of hydrogen-bond acceptors (Lipinski definition) is 5. The van der Waals surface area contributed by atoms with Crippen LogP contribution in [-0.4, -0.2) is 19.2 Å². The molecule has 0 heterocycles. The highest BCUT2D eigenvalue weighted by Gasteiger charge is 2.06. The topological polar surface area (TPSA) is 68.6 Å². The lowest BCUT2D eigenvalue weighted by molar-refractivity contribution is -0.136. The van der Waals surface area contributed by atoms with Crippen LogP contribution in [0.25, 0.3) is 0 Å². The molecule has 5 heteroatoms. The van der Waals surface area contributed by atoms with Crippen molar-refractivity contribution in [3.63, 3.8) is 0 Å². The van der Waals surface area contributed by atoms with Gasteiger partial charge in [-0.25, -0.2) is 4.79 Å². The van der Waals surface area contributed by atoms with Crippen LogP contribution in [0.5, 0.6) is 17.2 Å². The van der Waals surface area contributed by atoms with Gasteiger partial charge in [0.25, 0.3) is 0 Å². The molecule has 0 amide bonds. The number of ether oxygens (including phenoxy) is 3. The van der Waals surface area contributed by atoms with Crippen LogP contribution >= 0.6 is 0 Å². The molecule has 0 aliphatic carbocycles. The van der Waals surface area contributed by atoms with Gasteiger partial charge in [-0.05, 0) is 55.0 Å². The highest BCUT2D eigenvalue weighted by molar-refractivity contribution is 5.74. The van der Waals surface area contributed by atoms with Gasteiger partial charge in [-0.2, -0.15) is 5.26 Å². The summed E-state index contributed by atoms with van der Waals surface area (Å²) >= 11 is 0. The molecular formula is C18H17NO4. The van der Waals surface area contributed by atoms with Gasteiger partial charge in [0.2, 0.25) is 0 Å². The van der Waals surface area contributed by atoms with Crippen molar-refractivity contribution in [2.75, 3.05) is 13.2 Å². The normalized spacial score (nSPS) is 9.74. The summed E-state index contributed by atoms with van der Waals surface area (Å²) in [6, 6.07) is 15.4. The van der Waals surface area contributed by atoms with Gasteiger partial charge in [0, 0.05) is 0 Å². The van der Waals surface area contributed by atoms with E-state index in [1.54, 1.807) is 48.5 Å². The first-order valence-corrected chi connectivity index (χ1v) is 7.27. The third-order valence-electron chi connectivity index (χ3n) is 2.87. The molecule has 0 radical (unpaired) electrons. The zero-order valence-electron chi connectivity index (χ0n) is 12.8. The summed E-state index contributed by atoms with van der Waals surface area (Å²) in [5.74, 6) is 1.17. The number of carbonyl (C=O) groups is 1. The van der Waals surface area contributed by atoms with E-state index in [1.807, 2.05) is 13.0 Å². The van der Waals surface area contributed by atoms with Crippen molar-refractivity contribution >= 4 is 5.97 Å². The average Bonchev–Trinajstić information content (AvgIpc) is 2.60. The van der Waals surface area contributed by atoms with Crippen LogP contribution in [0.1, 0.15) is 18.9 Å². The molecule has 0 fully saturated rings. The van der Waals surface area contributed by atoms with E-state index in [-0.39, 0.29) is 6.61 Å². The predicted molar refractivity (Wildman–Crippen MR) is 84.5 cm³/mol. The van der Waals surface area contributed by atoms with E-state index in [4.69, 9.17) is 19.5 Å². The molecule has 5 nitrogen and oxygen atoms in total. The Bertz CT molecular complexity index is 672. The molecule has 0 saturated heterocycles. The van der Waals surface area contributed by atoms with Crippen LogP contribution < -0.4 is 14.2 Å². The Morgan fingerprint density at radius 3 is 2.13 bits per heavy atom. The molecule has 0 aliphatic rings. The third kappa shape index (κ3) is 5.36. The fraction of sp³-hybridized carbons (Fsp3) is 0.222. The van der Waals surface area contributed by atoms with Crippen molar-refractivity contribution in [1.82, 2.24) is 0 Å². The second-order valence-electron chi connectivity index (χ2n) is 4.72. The molecule has 0 aromatic heterocycles. The number of hydrogen-bond donors (Lipinski definition) is 0. The maximum atomic E-state index is 11.7.